The van der Waals surface area contributed by atoms with Crippen LogP contribution in [0.5, 0.6) is 0 Å². The van der Waals surface area contributed by atoms with Gasteiger partial charge in [-0.25, -0.2) is 17.2 Å². The molecule has 9 heteroatoms. The van der Waals surface area contributed by atoms with Crippen molar-refractivity contribution in [2.45, 2.75) is 37.6 Å². The first-order valence-corrected chi connectivity index (χ1v) is 8.71. The van der Waals surface area contributed by atoms with Crippen LogP contribution in [0, 0.1) is 11.6 Å². The second-order valence-electron chi connectivity index (χ2n) is 4.46. The standard InChI is InChI=1S/C12H13Cl2F2NO3S/c1-3-4-6(2)17-12(18)7-5-8(15)10(16)11(9(7)13)21(14,19)20/h5-6H,3-4H2,1-2H3,(H,17,18). The number of nitrogens with one attached hydrogen (secondary N) is 1. The molecule has 0 spiro atoms. The number of amides is 1. The fourth-order valence-corrected chi connectivity index (χ4v) is 3.48. The molecule has 1 aromatic carbocycles. The van der Waals surface area contributed by atoms with E-state index in [-0.39, 0.29) is 6.04 Å². The van der Waals surface area contributed by atoms with Crippen LogP contribution in [-0.2, 0) is 9.05 Å². The summed E-state index contributed by atoms with van der Waals surface area (Å²) in [5.41, 5.74) is -0.488. The molecule has 0 aliphatic carbocycles. The summed E-state index contributed by atoms with van der Waals surface area (Å²) in [6.45, 7) is 3.62. The minimum Gasteiger partial charge on any atom is -0.350 e. The molecule has 1 amide bonds. The first-order valence-electron chi connectivity index (χ1n) is 6.02. The molecular formula is C12H13Cl2F2NO3S. The zero-order valence-corrected chi connectivity index (χ0v) is 13.5. The van der Waals surface area contributed by atoms with Crippen LogP contribution in [0.15, 0.2) is 11.0 Å². The molecule has 0 aliphatic rings. The van der Waals surface area contributed by atoms with E-state index in [2.05, 4.69) is 5.32 Å². The summed E-state index contributed by atoms with van der Waals surface area (Å²) in [6.07, 6.45) is 1.46. The normalized spacial score (nSPS) is 13.0. The van der Waals surface area contributed by atoms with E-state index in [9.17, 15) is 22.0 Å². The second kappa shape index (κ2) is 6.89. The molecule has 21 heavy (non-hydrogen) atoms. The van der Waals surface area contributed by atoms with Gasteiger partial charge in [0.15, 0.2) is 11.6 Å². The van der Waals surface area contributed by atoms with Gasteiger partial charge in [0.05, 0.1) is 10.6 Å². The maximum Gasteiger partial charge on any atom is 0.265 e. The van der Waals surface area contributed by atoms with E-state index in [1.807, 2.05) is 6.92 Å². The highest BCUT2D eigenvalue weighted by atomic mass is 35.7. The maximum atomic E-state index is 13.5. The number of hydrogen-bond donors (Lipinski definition) is 1. The van der Waals surface area contributed by atoms with Crippen LogP contribution in [0.25, 0.3) is 0 Å². The van der Waals surface area contributed by atoms with Crippen LogP contribution in [0.4, 0.5) is 8.78 Å². The zero-order valence-electron chi connectivity index (χ0n) is 11.2. The predicted octanol–water partition coefficient (Wildman–Crippen LogP) is 3.46. The van der Waals surface area contributed by atoms with Gasteiger partial charge in [0.2, 0.25) is 0 Å². The number of hydrogen-bond acceptors (Lipinski definition) is 3. The number of rotatable bonds is 5. The van der Waals surface area contributed by atoms with Gasteiger partial charge in [0, 0.05) is 16.7 Å². The molecule has 0 aliphatic heterocycles. The van der Waals surface area contributed by atoms with Crippen LogP contribution in [0.3, 0.4) is 0 Å². The molecule has 118 valence electrons. The van der Waals surface area contributed by atoms with Crippen molar-refractivity contribution in [1.82, 2.24) is 5.32 Å². The Morgan fingerprint density at radius 1 is 1.43 bits per heavy atom. The molecule has 1 unspecified atom stereocenters. The van der Waals surface area contributed by atoms with Crippen LogP contribution in [0.1, 0.15) is 37.0 Å². The third-order valence-electron chi connectivity index (χ3n) is 2.70. The molecule has 0 heterocycles. The lowest BCUT2D eigenvalue weighted by Crippen LogP contribution is -2.32. The topological polar surface area (TPSA) is 63.2 Å². The lowest BCUT2D eigenvalue weighted by molar-refractivity contribution is 0.0937. The summed E-state index contributed by atoms with van der Waals surface area (Å²) < 4.78 is 49.5. The van der Waals surface area contributed by atoms with Crippen molar-refractivity contribution in [3.8, 4) is 0 Å². The molecule has 1 rings (SSSR count). The van der Waals surface area contributed by atoms with E-state index in [1.165, 1.54) is 0 Å². The van der Waals surface area contributed by atoms with Crippen molar-refractivity contribution in [3.05, 3.63) is 28.3 Å². The highest BCUT2D eigenvalue weighted by Crippen LogP contribution is 2.32. The molecule has 0 radical (unpaired) electrons. The fourth-order valence-electron chi connectivity index (χ4n) is 1.77. The third-order valence-corrected chi connectivity index (χ3v) is 4.54. The van der Waals surface area contributed by atoms with E-state index >= 15 is 0 Å². The summed E-state index contributed by atoms with van der Waals surface area (Å²) in [7, 11) is 0.387. The summed E-state index contributed by atoms with van der Waals surface area (Å²) in [6, 6.07) is 0.305. The largest absolute Gasteiger partial charge is 0.350 e. The van der Waals surface area contributed by atoms with E-state index in [4.69, 9.17) is 22.3 Å². The lowest BCUT2D eigenvalue weighted by atomic mass is 10.1. The molecule has 1 N–H and O–H groups in total. The molecule has 1 atom stereocenters. The fraction of sp³-hybridized carbons (Fsp3) is 0.417. The second-order valence-corrected chi connectivity index (χ2v) is 7.34. The van der Waals surface area contributed by atoms with Crippen LogP contribution < -0.4 is 5.32 Å². The van der Waals surface area contributed by atoms with Crippen molar-refractivity contribution in [3.63, 3.8) is 0 Å². The van der Waals surface area contributed by atoms with Crippen molar-refractivity contribution in [1.29, 1.82) is 0 Å². The smallest absolute Gasteiger partial charge is 0.265 e. The molecule has 0 aromatic heterocycles. The van der Waals surface area contributed by atoms with Gasteiger partial charge < -0.3 is 5.32 Å². The number of benzene rings is 1. The Kier molecular flexibility index (Phi) is 5.95. The lowest BCUT2D eigenvalue weighted by Gasteiger charge is -2.14. The number of halogens is 4. The van der Waals surface area contributed by atoms with E-state index in [0.717, 1.165) is 6.42 Å². The molecule has 0 saturated carbocycles. The SMILES string of the molecule is CCCC(C)NC(=O)c1cc(F)c(F)c(S(=O)(=O)Cl)c1Cl. The van der Waals surface area contributed by atoms with E-state index in [1.54, 1.807) is 6.92 Å². The molecule has 4 nitrogen and oxygen atoms in total. The van der Waals surface area contributed by atoms with Crippen molar-refractivity contribution in [2.24, 2.45) is 0 Å². The molecular weight excluding hydrogens is 347 g/mol. The van der Waals surface area contributed by atoms with Gasteiger partial charge in [-0.15, -0.1) is 0 Å². The quantitative estimate of drug-likeness (QED) is 0.646. The third kappa shape index (κ3) is 4.28. The van der Waals surface area contributed by atoms with Crippen LogP contribution >= 0.6 is 22.3 Å². The Morgan fingerprint density at radius 2 is 2.00 bits per heavy atom. The van der Waals surface area contributed by atoms with Crippen molar-refractivity contribution >= 4 is 37.2 Å². The van der Waals surface area contributed by atoms with Gasteiger partial charge in [0.1, 0.15) is 4.90 Å². The van der Waals surface area contributed by atoms with E-state index < -0.39 is 42.1 Å². The first-order chi connectivity index (χ1) is 9.59. The summed E-state index contributed by atoms with van der Waals surface area (Å²) >= 11 is 5.69. The van der Waals surface area contributed by atoms with E-state index in [0.29, 0.717) is 12.5 Å². The minimum absolute atomic E-state index is 0.234. The minimum atomic E-state index is -4.64. The van der Waals surface area contributed by atoms with Crippen LogP contribution in [-0.4, -0.2) is 20.4 Å². The Hall–Kier alpha value is -0.920. The highest BCUT2D eigenvalue weighted by Gasteiger charge is 2.29. The number of carbonyl (C=O) groups excluding carboxylic acids is 1. The monoisotopic (exact) mass is 359 g/mol. The van der Waals surface area contributed by atoms with Gasteiger partial charge in [-0.1, -0.05) is 24.9 Å². The van der Waals surface area contributed by atoms with Crippen molar-refractivity contribution in [2.75, 3.05) is 0 Å². The number of carbonyl (C=O) groups is 1. The summed E-state index contributed by atoms with van der Waals surface area (Å²) in [5.74, 6) is -4.04. The average Bonchev–Trinajstić information content (AvgIpc) is 2.32. The Labute approximate surface area is 130 Å². The van der Waals surface area contributed by atoms with Gasteiger partial charge in [0.25, 0.3) is 15.0 Å². The average molecular weight is 360 g/mol. The van der Waals surface area contributed by atoms with Gasteiger partial charge in [-0.3, -0.25) is 4.79 Å². The van der Waals surface area contributed by atoms with Gasteiger partial charge in [-0.2, -0.15) is 0 Å². The van der Waals surface area contributed by atoms with Gasteiger partial charge in [-0.05, 0) is 19.4 Å². The van der Waals surface area contributed by atoms with Crippen LogP contribution in [0.2, 0.25) is 5.02 Å². The molecule has 0 saturated heterocycles. The Balaban J connectivity index is 3.33. The Morgan fingerprint density at radius 3 is 2.48 bits per heavy atom. The van der Waals surface area contributed by atoms with Gasteiger partial charge >= 0.3 is 0 Å². The highest BCUT2D eigenvalue weighted by molar-refractivity contribution is 8.13. The Bertz CT molecular complexity index is 665. The molecule has 0 bridgehead atoms. The van der Waals surface area contributed by atoms with Crippen molar-refractivity contribution < 1.29 is 22.0 Å². The summed E-state index contributed by atoms with van der Waals surface area (Å²) in [5, 5.41) is 1.77. The summed E-state index contributed by atoms with van der Waals surface area (Å²) in [4.78, 5) is 10.7. The molecule has 1 aromatic rings. The predicted molar refractivity (Wildman–Crippen MR) is 76.2 cm³/mol. The first kappa shape index (κ1) is 18.1. The molecule has 0 fully saturated rings. The maximum absolute atomic E-state index is 13.5. The zero-order chi connectivity index (χ0) is 16.4.